The second-order valence-corrected chi connectivity index (χ2v) is 9.66. The molecule has 2 saturated carbocycles. The number of nitrogens with zero attached hydrogens (tertiary/aromatic N) is 7. The Kier molecular flexibility index (Phi) is 3.70. The minimum Gasteiger partial charge on any atom is -0.350 e. The van der Waals surface area contributed by atoms with E-state index in [0.717, 1.165) is 60.0 Å². The van der Waals surface area contributed by atoms with Crippen molar-refractivity contribution in [1.29, 1.82) is 0 Å². The minimum atomic E-state index is 0.448. The van der Waals surface area contributed by atoms with Gasteiger partial charge in [-0.3, -0.25) is 0 Å². The molecule has 9 heteroatoms. The van der Waals surface area contributed by atoms with Crippen LogP contribution in [0.1, 0.15) is 43.5 Å². The first kappa shape index (κ1) is 17.6. The number of aryl methyl sites for hydroxylation is 3. The van der Waals surface area contributed by atoms with Crippen molar-refractivity contribution < 1.29 is 0 Å². The average molecular weight is 411 g/mol. The van der Waals surface area contributed by atoms with Crippen molar-refractivity contribution in [3.05, 3.63) is 23.4 Å². The van der Waals surface area contributed by atoms with Gasteiger partial charge in [-0.15, -0.1) is 5.10 Å². The van der Waals surface area contributed by atoms with Crippen LogP contribution in [-0.4, -0.2) is 48.1 Å². The maximum absolute atomic E-state index is 4.78. The first-order valence-corrected chi connectivity index (χ1v) is 11.4. The van der Waals surface area contributed by atoms with Gasteiger partial charge in [0.05, 0.1) is 0 Å². The van der Waals surface area contributed by atoms with Crippen molar-refractivity contribution in [2.45, 2.75) is 52.5 Å². The van der Waals surface area contributed by atoms with Crippen LogP contribution in [0.3, 0.4) is 0 Å². The fourth-order valence-electron chi connectivity index (χ4n) is 5.90. The van der Waals surface area contributed by atoms with Gasteiger partial charge < -0.3 is 10.2 Å². The fourth-order valence-corrected chi connectivity index (χ4v) is 6.58. The van der Waals surface area contributed by atoms with E-state index < -0.39 is 0 Å². The SMILES string of the molecule is CCCc1nc(C)cc2nc(NC3[C@H]4CCC45CN(c4nc(C)ns4)C[C@H]35)nn12. The molecule has 6 rings (SSSR count). The molecule has 8 nitrogen and oxygen atoms in total. The molecule has 1 spiro atoms. The highest BCUT2D eigenvalue weighted by atomic mass is 32.1. The summed E-state index contributed by atoms with van der Waals surface area (Å²) in [6, 6.07) is 2.46. The molecule has 3 aromatic rings. The number of nitrogens with one attached hydrogen (secondary N) is 1. The van der Waals surface area contributed by atoms with Crippen LogP contribution in [0.4, 0.5) is 11.1 Å². The van der Waals surface area contributed by atoms with Crippen LogP contribution < -0.4 is 10.2 Å². The van der Waals surface area contributed by atoms with Gasteiger partial charge in [0.2, 0.25) is 11.1 Å². The molecule has 4 atom stereocenters. The van der Waals surface area contributed by atoms with Crippen LogP contribution in [0.15, 0.2) is 6.07 Å². The Morgan fingerprint density at radius 2 is 2.14 bits per heavy atom. The fraction of sp³-hybridized carbons (Fsp3) is 0.650. The smallest absolute Gasteiger partial charge is 0.243 e. The standard InChI is InChI=1S/C20H26N8S/c1-4-5-15-21-11(2)8-16-23-18(25-28(15)16)24-17-13-6-7-20(13)10-27(9-14(17)20)19-22-12(3)26-29-19/h8,13-14,17H,4-7,9-10H2,1-3H3,(H,24,25)/t13-,14-,17?,20?/m1/s1. The molecule has 3 fully saturated rings. The molecule has 4 heterocycles. The summed E-state index contributed by atoms with van der Waals surface area (Å²) in [4.78, 5) is 16.5. The van der Waals surface area contributed by atoms with Gasteiger partial charge in [0.25, 0.3) is 0 Å². The van der Waals surface area contributed by atoms with E-state index in [2.05, 4.69) is 31.5 Å². The van der Waals surface area contributed by atoms with Gasteiger partial charge in [0, 0.05) is 54.8 Å². The van der Waals surface area contributed by atoms with Crippen LogP contribution in [-0.2, 0) is 6.42 Å². The molecule has 2 aliphatic carbocycles. The van der Waals surface area contributed by atoms with Gasteiger partial charge in [-0.05, 0) is 44.4 Å². The molecular formula is C20H26N8S. The third-order valence-electron chi connectivity index (χ3n) is 7.24. The Morgan fingerprint density at radius 1 is 1.24 bits per heavy atom. The van der Waals surface area contributed by atoms with Crippen molar-refractivity contribution in [3.63, 3.8) is 0 Å². The topological polar surface area (TPSA) is 84.1 Å². The third-order valence-corrected chi connectivity index (χ3v) is 8.11. The Morgan fingerprint density at radius 3 is 2.86 bits per heavy atom. The number of aromatic nitrogens is 6. The largest absolute Gasteiger partial charge is 0.350 e. The maximum atomic E-state index is 4.78. The lowest BCUT2D eigenvalue weighted by Gasteiger charge is -2.65. The molecule has 152 valence electrons. The van der Waals surface area contributed by atoms with Gasteiger partial charge in [0.1, 0.15) is 11.6 Å². The van der Waals surface area contributed by atoms with E-state index in [1.54, 1.807) is 0 Å². The van der Waals surface area contributed by atoms with Crippen LogP contribution in [0.25, 0.3) is 5.65 Å². The summed E-state index contributed by atoms with van der Waals surface area (Å²) in [5, 5.41) is 9.55. The lowest BCUT2D eigenvalue weighted by molar-refractivity contribution is -0.117. The van der Waals surface area contributed by atoms with Crippen molar-refractivity contribution in [2.75, 3.05) is 23.3 Å². The van der Waals surface area contributed by atoms with Gasteiger partial charge in [-0.25, -0.2) is 9.97 Å². The predicted octanol–water partition coefficient (Wildman–Crippen LogP) is 2.87. The van der Waals surface area contributed by atoms with Crippen molar-refractivity contribution in [3.8, 4) is 0 Å². The normalized spacial score (nSPS) is 30.0. The Hall–Kier alpha value is -2.29. The maximum Gasteiger partial charge on any atom is 0.243 e. The van der Waals surface area contributed by atoms with Crippen molar-refractivity contribution >= 4 is 28.3 Å². The summed E-state index contributed by atoms with van der Waals surface area (Å²) in [6.07, 6.45) is 4.59. The second kappa shape index (κ2) is 6.10. The summed E-state index contributed by atoms with van der Waals surface area (Å²) in [5.74, 6) is 3.96. The lowest BCUT2D eigenvalue weighted by atomic mass is 9.41. The highest BCUT2D eigenvalue weighted by Crippen LogP contribution is 2.68. The molecule has 0 amide bonds. The van der Waals surface area contributed by atoms with E-state index in [4.69, 9.17) is 10.1 Å². The molecule has 1 N–H and O–H groups in total. The van der Waals surface area contributed by atoms with E-state index in [1.165, 1.54) is 24.4 Å². The molecule has 0 aromatic carbocycles. The zero-order valence-corrected chi connectivity index (χ0v) is 17.9. The van der Waals surface area contributed by atoms with Crippen LogP contribution >= 0.6 is 11.5 Å². The zero-order valence-electron chi connectivity index (χ0n) is 17.1. The third kappa shape index (κ3) is 2.46. The molecule has 1 aliphatic heterocycles. The van der Waals surface area contributed by atoms with Gasteiger partial charge in [-0.1, -0.05) is 6.92 Å². The monoisotopic (exact) mass is 410 g/mol. The highest BCUT2D eigenvalue weighted by Gasteiger charge is 2.70. The van der Waals surface area contributed by atoms with E-state index in [1.807, 2.05) is 24.4 Å². The predicted molar refractivity (Wildman–Crippen MR) is 112 cm³/mol. The minimum absolute atomic E-state index is 0.448. The van der Waals surface area contributed by atoms with Crippen LogP contribution in [0.2, 0.25) is 0 Å². The number of rotatable bonds is 5. The quantitative estimate of drug-likeness (QED) is 0.692. The first-order chi connectivity index (χ1) is 14.1. The summed E-state index contributed by atoms with van der Waals surface area (Å²) in [5.41, 5.74) is 2.35. The summed E-state index contributed by atoms with van der Waals surface area (Å²) < 4.78 is 6.29. The summed E-state index contributed by atoms with van der Waals surface area (Å²) in [6.45, 7) is 8.34. The molecule has 1 saturated heterocycles. The van der Waals surface area contributed by atoms with Gasteiger partial charge >= 0.3 is 0 Å². The highest BCUT2D eigenvalue weighted by molar-refractivity contribution is 7.09. The van der Waals surface area contributed by atoms with E-state index in [0.29, 0.717) is 23.3 Å². The van der Waals surface area contributed by atoms with Crippen LogP contribution in [0, 0.1) is 31.1 Å². The van der Waals surface area contributed by atoms with E-state index in [-0.39, 0.29) is 0 Å². The van der Waals surface area contributed by atoms with Gasteiger partial charge in [0.15, 0.2) is 5.65 Å². The number of hydrogen-bond acceptors (Lipinski definition) is 8. The second-order valence-electron chi connectivity index (χ2n) is 8.93. The first-order valence-electron chi connectivity index (χ1n) is 10.6. The van der Waals surface area contributed by atoms with E-state index >= 15 is 0 Å². The van der Waals surface area contributed by atoms with Gasteiger partial charge in [-0.2, -0.15) is 13.9 Å². The Balaban J connectivity index is 1.25. The summed E-state index contributed by atoms with van der Waals surface area (Å²) in [7, 11) is 0. The molecular weight excluding hydrogens is 384 g/mol. The molecule has 29 heavy (non-hydrogen) atoms. The average Bonchev–Trinajstić information content (AvgIpc) is 3.36. The lowest BCUT2D eigenvalue weighted by Crippen LogP contribution is -2.68. The van der Waals surface area contributed by atoms with E-state index in [9.17, 15) is 0 Å². The number of hydrogen-bond donors (Lipinski definition) is 1. The van der Waals surface area contributed by atoms with Crippen molar-refractivity contribution in [2.24, 2.45) is 17.3 Å². The zero-order chi connectivity index (χ0) is 19.8. The molecule has 2 unspecified atom stereocenters. The van der Waals surface area contributed by atoms with Crippen molar-refractivity contribution in [1.82, 2.24) is 28.9 Å². The summed E-state index contributed by atoms with van der Waals surface area (Å²) >= 11 is 1.53. The Labute approximate surface area is 173 Å². The molecule has 0 radical (unpaired) electrons. The molecule has 3 aromatic heterocycles. The Bertz CT molecular complexity index is 1090. The number of fused-ring (bicyclic) bond motifs is 1. The molecule has 3 aliphatic rings. The molecule has 0 bridgehead atoms. The van der Waals surface area contributed by atoms with Crippen LogP contribution in [0.5, 0.6) is 0 Å². The number of anilines is 2.